The molecule has 0 spiro atoms. The van der Waals surface area contributed by atoms with Crippen molar-refractivity contribution in [3.8, 4) is 0 Å². The van der Waals surface area contributed by atoms with Crippen LogP contribution in [0.15, 0.2) is 24.3 Å². The Morgan fingerprint density at radius 2 is 2.11 bits per heavy atom. The van der Waals surface area contributed by atoms with Crippen LogP contribution in [0.25, 0.3) is 0 Å². The van der Waals surface area contributed by atoms with Crippen molar-refractivity contribution in [2.24, 2.45) is 0 Å². The van der Waals surface area contributed by atoms with Crippen molar-refractivity contribution in [1.82, 2.24) is 15.2 Å². The largest absolute Gasteiger partial charge is 0.460 e. The number of esters is 1. The minimum Gasteiger partial charge on any atom is -0.460 e. The number of hydrogen-bond donors (Lipinski definition) is 2. The number of nitrogens with zero attached hydrogens (tertiary/aromatic N) is 2. The number of aromatic amines is 1. The summed E-state index contributed by atoms with van der Waals surface area (Å²) < 4.78 is 4.81. The molecule has 0 atom stereocenters. The Balaban J connectivity index is 2.06. The van der Waals surface area contributed by atoms with Crippen molar-refractivity contribution < 1.29 is 9.53 Å². The lowest BCUT2D eigenvalue weighted by molar-refractivity contribution is 0.0512. The minimum absolute atomic E-state index is 0.0577. The van der Waals surface area contributed by atoms with Crippen molar-refractivity contribution in [3.05, 3.63) is 41.5 Å². The van der Waals surface area contributed by atoms with Gasteiger partial charge in [-0.3, -0.25) is 5.10 Å². The van der Waals surface area contributed by atoms with Gasteiger partial charge < -0.3 is 10.5 Å². The molecule has 0 aliphatic heterocycles. The van der Waals surface area contributed by atoms with E-state index in [0.717, 1.165) is 5.56 Å². The molecule has 94 valence electrons. The van der Waals surface area contributed by atoms with Crippen molar-refractivity contribution >= 4 is 11.7 Å². The molecule has 0 bridgehead atoms. The monoisotopic (exact) mass is 246 g/mol. The third-order valence-corrected chi connectivity index (χ3v) is 2.34. The molecular weight excluding hydrogens is 232 g/mol. The second-order valence-electron chi connectivity index (χ2n) is 3.74. The van der Waals surface area contributed by atoms with E-state index in [4.69, 9.17) is 10.5 Å². The highest BCUT2D eigenvalue weighted by Crippen LogP contribution is 2.09. The third kappa shape index (κ3) is 2.85. The molecule has 0 amide bonds. The maximum absolute atomic E-state index is 11.4. The lowest BCUT2D eigenvalue weighted by Crippen LogP contribution is -2.06. The van der Waals surface area contributed by atoms with Crippen molar-refractivity contribution in [3.63, 3.8) is 0 Å². The van der Waals surface area contributed by atoms with E-state index >= 15 is 0 Å². The van der Waals surface area contributed by atoms with Crippen molar-refractivity contribution in [2.45, 2.75) is 13.3 Å². The average molecular weight is 246 g/mol. The number of benzene rings is 1. The van der Waals surface area contributed by atoms with E-state index in [2.05, 4.69) is 15.2 Å². The van der Waals surface area contributed by atoms with Crippen LogP contribution in [0.1, 0.15) is 28.9 Å². The zero-order chi connectivity index (χ0) is 13.0. The maximum atomic E-state index is 11.4. The Labute approximate surface area is 104 Å². The number of H-pyrrole nitrogens is 1. The molecule has 1 heterocycles. The smallest absolute Gasteiger partial charge is 0.378 e. The molecule has 6 heteroatoms. The summed E-state index contributed by atoms with van der Waals surface area (Å²) in [6.07, 6.45) is 0.562. The standard InChI is InChI=1S/C12H14N4O2/c1-2-18-12(17)11-14-10(15-16-11)7-8-3-5-9(13)6-4-8/h3-6H,2,7,13H2,1H3,(H,14,15,16). The molecule has 1 aromatic carbocycles. The molecule has 0 aliphatic carbocycles. The van der Waals surface area contributed by atoms with Crippen LogP contribution in [-0.2, 0) is 11.2 Å². The van der Waals surface area contributed by atoms with Gasteiger partial charge in [0.15, 0.2) is 0 Å². The number of nitrogen functional groups attached to an aromatic ring is 1. The Bertz CT molecular complexity index is 533. The number of carbonyl (C=O) groups is 1. The van der Waals surface area contributed by atoms with E-state index in [1.807, 2.05) is 24.3 Å². The number of anilines is 1. The first-order valence-corrected chi connectivity index (χ1v) is 5.62. The summed E-state index contributed by atoms with van der Waals surface area (Å²) in [5.41, 5.74) is 7.35. The summed E-state index contributed by atoms with van der Waals surface area (Å²) in [6.45, 7) is 2.04. The summed E-state index contributed by atoms with van der Waals surface area (Å²) in [7, 11) is 0. The van der Waals surface area contributed by atoms with Gasteiger partial charge in [-0.25, -0.2) is 9.78 Å². The van der Waals surface area contributed by atoms with Gasteiger partial charge in [0.25, 0.3) is 5.82 Å². The molecule has 3 N–H and O–H groups in total. The summed E-state index contributed by atoms with van der Waals surface area (Å²) in [5, 5.41) is 6.53. The lowest BCUT2D eigenvalue weighted by Gasteiger charge is -1.98. The molecule has 6 nitrogen and oxygen atoms in total. The third-order valence-electron chi connectivity index (χ3n) is 2.34. The molecular formula is C12H14N4O2. The maximum Gasteiger partial charge on any atom is 0.378 e. The normalized spacial score (nSPS) is 10.3. The molecule has 0 unspecified atom stereocenters. The van der Waals surface area contributed by atoms with E-state index in [1.165, 1.54) is 0 Å². The fourth-order valence-corrected chi connectivity index (χ4v) is 1.49. The van der Waals surface area contributed by atoms with E-state index in [0.29, 0.717) is 24.5 Å². The van der Waals surface area contributed by atoms with Crippen molar-refractivity contribution in [2.75, 3.05) is 12.3 Å². The highest BCUT2D eigenvalue weighted by atomic mass is 16.5. The number of nitrogens with one attached hydrogen (secondary N) is 1. The Hall–Kier alpha value is -2.37. The minimum atomic E-state index is -0.516. The van der Waals surface area contributed by atoms with Crippen LogP contribution in [0.2, 0.25) is 0 Å². The number of nitrogens with two attached hydrogens (primary N) is 1. The van der Waals surface area contributed by atoms with Crippen LogP contribution in [0.4, 0.5) is 5.69 Å². The Morgan fingerprint density at radius 1 is 1.39 bits per heavy atom. The second-order valence-corrected chi connectivity index (χ2v) is 3.74. The van der Waals surface area contributed by atoms with Gasteiger partial charge >= 0.3 is 5.97 Å². The van der Waals surface area contributed by atoms with Crippen LogP contribution in [0.5, 0.6) is 0 Å². The lowest BCUT2D eigenvalue weighted by atomic mass is 10.1. The molecule has 2 aromatic rings. The number of hydrogen-bond acceptors (Lipinski definition) is 5. The highest BCUT2D eigenvalue weighted by molar-refractivity contribution is 5.84. The summed E-state index contributed by atoms with van der Waals surface area (Å²) in [4.78, 5) is 15.4. The second kappa shape index (κ2) is 5.31. The Morgan fingerprint density at radius 3 is 2.78 bits per heavy atom. The van der Waals surface area contributed by atoms with Gasteiger partial charge in [0.1, 0.15) is 5.82 Å². The fourth-order valence-electron chi connectivity index (χ4n) is 1.49. The molecule has 0 saturated carbocycles. The number of rotatable bonds is 4. The number of carbonyl (C=O) groups excluding carboxylic acids is 1. The highest BCUT2D eigenvalue weighted by Gasteiger charge is 2.13. The van der Waals surface area contributed by atoms with Gasteiger partial charge in [-0.15, -0.1) is 5.10 Å². The molecule has 0 saturated heterocycles. The van der Waals surface area contributed by atoms with E-state index in [9.17, 15) is 4.79 Å². The van der Waals surface area contributed by atoms with Crippen LogP contribution in [0.3, 0.4) is 0 Å². The van der Waals surface area contributed by atoms with Gasteiger partial charge in [0, 0.05) is 12.1 Å². The predicted octanol–water partition coefficient (Wildman–Crippen LogP) is 1.15. The summed E-state index contributed by atoms with van der Waals surface area (Å²) in [6, 6.07) is 7.44. The van der Waals surface area contributed by atoms with Crippen molar-refractivity contribution in [1.29, 1.82) is 0 Å². The topological polar surface area (TPSA) is 93.9 Å². The summed E-state index contributed by atoms with van der Waals surface area (Å²) in [5.74, 6) is 0.155. The van der Waals surface area contributed by atoms with Crippen LogP contribution >= 0.6 is 0 Å². The van der Waals surface area contributed by atoms with Gasteiger partial charge in [-0.05, 0) is 24.6 Å². The molecule has 18 heavy (non-hydrogen) atoms. The summed E-state index contributed by atoms with van der Waals surface area (Å²) >= 11 is 0. The number of aromatic nitrogens is 3. The SMILES string of the molecule is CCOC(=O)c1n[nH]c(Cc2ccc(N)cc2)n1. The zero-order valence-electron chi connectivity index (χ0n) is 10.0. The first-order valence-electron chi connectivity index (χ1n) is 5.62. The molecule has 0 aliphatic rings. The molecule has 0 fully saturated rings. The number of ether oxygens (including phenoxy) is 1. The fraction of sp³-hybridized carbons (Fsp3) is 0.250. The first kappa shape index (κ1) is 12.1. The van der Waals surface area contributed by atoms with Gasteiger partial charge in [0.2, 0.25) is 0 Å². The molecule has 1 aromatic heterocycles. The van der Waals surface area contributed by atoms with Gasteiger partial charge in [-0.1, -0.05) is 12.1 Å². The van der Waals surface area contributed by atoms with Gasteiger partial charge in [-0.2, -0.15) is 0 Å². The quantitative estimate of drug-likeness (QED) is 0.623. The zero-order valence-corrected chi connectivity index (χ0v) is 10.0. The van der Waals surface area contributed by atoms with Gasteiger partial charge in [0.05, 0.1) is 6.61 Å². The molecule has 0 radical (unpaired) electrons. The average Bonchev–Trinajstić information content (AvgIpc) is 2.81. The van der Waals surface area contributed by atoms with Crippen LogP contribution in [0, 0.1) is 0 Å². The van der Waals surface area contributed by atoms with E-state index in [1.54, 1.807) is 6.92 Å². The van der Waals surface area contributed by atoms with Crippen LogP contribution in [-0.4, -0.2) is 27.8 Å². The molecule has 2 rings (SSSR count). The van der Waals surface area contributed by atoms with E-state index in [-0.39, 0.29) is 5.82 Å². The predicted molar refractivity (Wildman–Crippen MR) is 66.0 cm³/mol. The van der Waals surface area contributed by atoms with E-state index < -0.39 is 5.97 Å². The van der Waals surface area contributed by atoms with Crippen LogP contribution < -0.4 is 5.73 Å². The Kier molecular flexibility index (Phi) is 3.57. The first-order chi connectivity index (χ1) is 8.69.